The predicted octanol–water partition coefficient (Wildman–Crippen LogP) is 2.22. The molecule has 1 fully saturated rings. The molecule has 1 aromatic carbocycles. The third-order valence-corrected chi connectivity index (χ3v) is 3.84. The van der Waals surface area contributed by atoms with Gasteiger partial charge in [-0.05, 0) is 31.5 Å². The molecule has 0 spiro atoms. The summed E-state index contributed by atoms with van der Waals surface area (Å²) in [6.45, 7) is 3.85. The fourth-order valence-corrected chi connectivity index (χ4v) is 2.70. The van der Waals surface area contributed by atoms with Crippen molar-refractivity contribution in [3.05, 3.63) is 36.0 Å². The molecule has 3 amide bonds. The number of rotatable bonds is 4. The molecular formula is C16H19N5O3. The predicted molar refractivity (Wildman–Crippen MR) is 87.5 cm³/mol. The molecule has 8 heteroatoms. The summed E-state index contributed by atoms with van der Waals surface area (Å²) in [6, 6.07) is 7.02. The molecule has 1 saturated heterocycles. The van der Waals surface area contributed by atoms with Crippen LogP contribution < -0.4 is 15.5 Å². The summed E-state index contributed by atoms with van der Waals surface area (Å²) in [5.41, 5.74) is 1.40. The fourth-order valence-electron chi connectivity index (χ4n) is 2.70. The maximum Gasteiger partial charge on any atom is 0.319 e. The fraction of sp³-hybridized carbons (Fsp3) is 0.375. The molecule has 1 aliphatic rings. The van der Waals surface area contributed by atoms with Crippen LogP contribution in [0.1, 0.15) is 31.5 Å². The summed E-state index contributed by atoms with van der Waals surface area (Å²) in [5, 5.41) is 12.9. The quantitative estimate of drug-likeness (QED) is 0.896. The Bertz CT molecular complexity index is 758. The lowest BCUT2D eigenvalue weighted by Gasteiger charge is -2.22. The van der Waals surface area contributed by atoms with Crippen molar-refractivity contribution in [3.63, 3.8) is 0 Å². The minimum atomic E-state index is -0.385. The van der Waals surface area contributed by atoms with Gasteiger partial charge < -0.3 is 20.0 Å². The van der Waals surface area contributed by atoms with Gasteiger partial charge in [-0.2, -0.15) is 0 Å². The van der Waals surface area contributed by atoms with E-state index in [9.17, 15) is 9.59 Å². The van der Waals surface area contributed by atoms with E-state index in [4.69, 9.17) is 4.42 Å². The van der Waals surface area contributed by atoms with Crippen LogP contribution >= 0.6 is 0 Å². The highest BCUT2D eigenvalue weighted by molar-refractivity contribution is 5.97. The molecule has 1 aromatic heterocycles. The van der Waals surface area contributed by atoms with Gasteiger partial charge in [-0.1, -0.05) is 6.07 Å². The number of anilines is 2. The lowest BCUT2D eigenvalue weighted by molar-refractivity contribution is -0.117. The van der Waals surface area contributed by atoms with Crippen molar-refractivity contribution < 1.29 is 14.0 Å². The Morgan fingerprint density at radius 3 is 2.92 bits per heavy atom. The number of aryl methyl sites for hydroxylation is 1. The van der Waals surface area contributed by atoms with Crippen molar-refractivity contribution >= 4 is 23.3 Å². The molecule has 24 heavy (non-hydrogen) atoms. The monoisotopic (exact) mass is 329 g/mol. The van der Waals surface area contributed by atoms with Gasteiger partial charge in [-0.3, -0.25) is 4.79 Å². The summed E-state index contributed by atoms with van der Waals surface area (Å²) < 4.78 is 5.19. The maximum atomic E-state index is 12.0. The zero-order valence-corrected chi connectivity index (χ0v) is 13.6. The molecule has 126 valence electrons. The molecule has 1 atom stereocenters. The van der Waals surface area contributed by atoms with Crippen LogP contribution in [0.25, 0.3) is 0 Å². The summed E-state index contributed by atoms with van der Waals surface area (Å²) in [5.74, 6) is 0.896. The van der Waals surface area contributed by atoms with Gasteiger partial charge in [-0.15, -0.1) is 10.2 Å². The Morgan fingerprint density at radius 2 is 2.25 bits per heavy atom. The number of benzene rings is 1. The van der Waals surface area contributed by atoms with Crippen molar-refractivity contribution in [2.24, 2.45) is 0 Å². The Hall–Kier alpha value is -2.90. The summed E-state index contributed by atoms with van der Waals surface area (Å²) >= 11 is 0. The second-order valence-electron chi connectivity index (χ2n) is 5.72. The third kappa shape index (κ3) is 3.53. The summed E-state index contributed by atoms with van der Waals surface area (Å²) in [6.07, 6.45) is 1.41. The number of carbonyl (C=O) groups is 2. The number of hydrogen-bond donors (Lipinski definition) is 2. The average molecular weight is 329 g/mol. The second kappa shape index (κ2) is 6.69. The van der Waals surface area contributed by atoms with Gasteiger partial charge in [0.2, 0.25) is 17.7 Å². The molecule has 8 nitrogen and oxygen atoms in total. The normalized spacial score (nSPS) is 17.2. The largest absolute Gasteiger partial charge is 0.424 e. The first-order valence-corrected chi connectivity index (χ1v) is 7.79. The smallest absolute Gasteiger partial charge is 0.319 e. The first-order valence-electron chi connectivity index (χ1n) is 7.79. The highest BCUT2D eigenvalue weighted by atomic mass is 16.4. The number of nitrogens with zero attached hydrogens (tertiary/aromatic N) is 3. The number of carbonyl (C=O) groups excluding carboxylic acids is 2. The lowest BCUT2D eigenvalue weighted by atomic mass is 10.2. The van der Waals surface area contributed by atoms with Crippen molar-refractivity contribution in [2.45, 2.75) is 39.3 Å². The Balaban J connectivity index is 1.61. The summed E-state index contributed by atoms with van der Waals surface area (Å²) in [4.78, 5) is 25.7. The minimum Gasteiger partial charge on any atom is -0.424 e. The molecule has 0 radical (unpaired) electrons. The molecule has 1 unspecified atom stereocenters. The van der Waals surface area contributed by atoms with Gasteiger partial charge in [0, 0.05) is 30.8 Å². The topological polar surface area (TPSA) is 100 Å². The van der Waals surface area contributed by atoms with Gasteiger partial charge in [0.25, 0.3) is 0 Å². The van der Waals surface area contributed by atoms with Gasteiger partial charge in [-0.25, -0.2) is 4.79 Å². The van der Waals surface area contributed by atoms with E-state index >= 15 is 0 Å². The number of amides is 3. The number of hydrogen-bond acceptors (Lipinski definition) is 5. The van der Waals surface area contributed by atoms with Gasteiger partial charge in [0.1, 0.15) is 0 Å². The van der Waals surface area contributed by atoms with Crippen LogP contribution in [0.5, 0.6) is 0 Å². The van der Waals surface area contributed by atoms with Crippen LogP contribution in [0, 0.1) is 6.92 Å². The third-order valence-electron chi connectivity index (χ3n) is 3.84. The zero-order chi connectivity index (χ0) is 17.1. The first kappa shape index (κ1) is 16.0. The van der Waals surface area contributed by atoms with E-state index in [0.29, 0.717) is 23.9 Å². The Morgan fingerprint density at radius 1 is 1.42 bits per heavy atom. The van der Waals surface area contributed by atoms with Crippen LogP contribution in [0.4, 0.5) is 16.2 Å². The number of aromatic nitrogens is 2. The van der Waals surface area contributed by atoms with Crippen LogP contribution in [0.2, 0.25) is 0 Å². The molecule has 0 saturated carbocycles. The molecule has 1 aliphatic heterocycles. The maximum absolute atomic E-state index is 12.0. The van der Waals surface area contributed by atoms with E-state index in [2.05, 4.69) is 20.8 Å². The van der Waals surface area contributed by atoms with Crippen LogP contribution in [-0.2, 0) is 11.3 Å². The van der Waals surface area contributed by atoms with E-state index in [1.165, 1.54) is 0 Å². The molecule has 2 heterocycles. The molecule has 3 rings (SSSR count). The molecular weight excluding hydrogens is 310 g/mol. The van der Waals surface area contributed by atoms with E-state index in [0.717, 1.165) is 12.1 Å². The average Bonchev–Trinajstić information content (AvgIpc) is 3.11. The minimum absolute atomic E-state index is 0.107. The van der Waals surface area contributed by atoms with E-state index in [1.54, 1.807) is 24.0 Å². The van der Waals surface area contributed by atoms with E-state index < -0.39 is 0 Å². The molecule has 0 bridgehead atoms. The first-order chi connectivity index (χ1) is 11.5. The van der Waals surface area contributed by atoms with Crippen LogP contribution in [-0.4, -0.2) is 28.2 Å². The van der Waals surface area contributed by atoms with Crippen molar-refractivity contribution in [1.29, 1.82) is 0 Å². The zero-order valence-electron chi connectivity index (χ0n) is 13.6. The highest BCUT2D eigenvalue weighted by Crippen LogP contribution is 2.28. The van der Waals surface area contributed by atoms with Crippen molar-refractivity contribution in [1.82, 2.24) is 15.5 Å². The number of urea groups is 1. The van der Waals surface area contributed by atoms with Crippen LogP contribution in [0.15, 0.2) is 28.7 Å². The van der Waals surface area contributed by atoms with Gasteiger partial charge in [0.15, 0.2) is 0 Å². The SMILES string of the molecule is Cc1nnc(CNC(=O)Nc2cccc(N3C(=O)CCC3C)c2)o1. The molecule has 0 aliphatic carbocycles. The van der Waals surface area contributed by atoms with Crippen LogP contribution in [0.3, 0.4) is 0 Å². The Kier molecular flexibility index (Phi) is 4.45. The summed E-state index contributed by atoms with van der Waals surface area (Å²) in [7, 11) is 0. The molecule has 2 aromatic rings. The highest BCUT2D eigenvalue weighted by Gasteiger charge is 2.28. The lowest BCUT2D eigenvalue weighted by Crippen LogP contribution is -2.31. The molecule has 2 N–H and O–H groups in total. The Labute approximate surface area is 139 Å². The van der Waals surface area contributed by atoms with Crippen molar-refractivity contribution in [2.75, 3.05) is 10.2 Å². The van der Waals surface area contributed by atoms with Gasteiger partial charge in [0.05, 0.1) is 6.54 Å². The standard InChI is InChI=1S/C16H19N5O3/c1-10-6-7-15(22)21(10)13-5-3-4-12(8-13)18-16(23)17-9-14-20-19-11(2)24-14/h3-5,8,10H,6-7,9H2,1-2H3,(H2,17,18,23). The van der Waals surface area contributed by atoms with E-state index in [-0.39, 0.29) is 24.5 Å². The number of nitrogens with one attached hydrogen (secondary N) is 2. The second-order valence-corrected chi connectivity index (χ2v) is 5.72. The van der Waals surface area contributed by atoms with E-state index in [1.807, 2.05) is 19.1 Å². The van der Waals surface area contributed by atoms with Gasteiger partial charge >= 0.3 is 6.03 Å². The van der Waals surface area contributed by atoms with Crippen molar-refractivity contribution in [3.8, 4) is 0 Å².